The minimum absolute atomic E-state index is 0.147. The minimum Gasteiger partial charge on any atom is -0.469 e. The fourth-order valence-corrected chi connectivity index (χ4v) is 3.96. The van der Waals surface area contributed by atoms with Crippen molar-refractivity contribution in [1.82, 2.24) is 0 Å². The van der Waals surface area contributed by atoms with Gasteiger partial charge in [0.2, 0.25) is 0 Å². The molecule has 1 aromatic heterocycles. The SMILES string of the molecule is CC(=O)C1=C(Nc2ccccc2)CC(C)(O)C(C(C)=O)C1c1ccco1. The third-order valence-corrected chi connectivity index (χ3v) is 4.91. The van der Waals surface area contributed by atoms with Gasteiger partial charge in [0.1, 0.15) is 11.5 Å². The van der Waals surface area contributed by atoms with Gasteiger partial charge in [-0.05, 0) is 45.0 Å². The molecular formula is C21H23NO4. The van der Waals surface area contributed by atoms with Crippen LogP contribution >= 0.6 is 0 Å². The van der Waals surface area contributed by atoms with Crippen molar-refractivity contribution >= 4 is 17.3 Å². The smallest absolute Gasteiger partial charge is 0.158 e. The maximum Gasteiger partial charge on any atom is 0.158 e. The van der Waals surface area contributed by atoms with Crippen LogP contribution in [0.2, 0.25) is 0 Å². The summed E-state index contributed by atoms with van der Waals surface area (Å²) >= 11 is 0. The second-order valence-electron chi connectivity index (χ2n) is 7.05. The molecule has 0 amide bonds. The zero-order valence-electron chi connectivity index (χ0n) is 15.2. The lowest BCUT2D eigenvalue weighted by Gasteiger charge is -2.42. The molecule has 2 N–H and O–H groups in total. The van der Waals surface area contributed by atoms with Crippen LogP contribution in [0.4, 0.5) is 5.69 Å². The molecule has 26 heavy (non-hydrogen) atoms. The summed E-state index contributed by atoms with van der Waals surface area (Å²) in [4.78, 5) is 24.9. The van der Waals surface area contributed by atoms with Crippen molar-refractivity contribution in [2.45, 2.75) is 38.7 Å². The fraction of sp³-hybridized carbons (Fsp3) is 0.333. The van der Waals surface area contributed by atoms with Gasteiger partial charge in [0.15, 0.2) is 5.78 Å². The van der Waals surface area contributed by atoms with Crippen molar-refractivity contribution in [1.29, 1.82) is 0 Å². The molecule has 5 nitrogen and oxygen atoms in total. The Kier molecular flexibility index (Phi) is 4.83. The van der Waals surface area contributed by atoms with Crippen LogP contribution in [0.1, 0.15) is 38.9 Å². The van der Waals surface area contributed by atoms with Crippen molar-refractivity contribution in [2.24, 2.45) is 5.92 Å². The highest BCUT2D eigenvalue weighted by Gasteiger charge is 2.50. The molecule has 2 aromatic rings. The van der Waals surface area contributed by atoms with Gasteiger partial charge in [0, 0.05) is 23.4 Å². The number of carbonyl (C=O) groups is 2. The summed E-state index contributed by atoms with van der Waals surface area (Å²) < 4.78 is 5.55. The molecule has 3 atom stereocenters. The van der Waals surface area contributed by atoms with Crippen LogP contribution in [0.15, 0.2) is 64.4 Å². The summed E-state index contributed by atoms with van der Waals surface area (Å²) in [5.74, 6) is -1.20. The summed E-state index contributed by atoms with van der Waals surface area (Å²) in [6, 6.07) is 12.9. The van der Waals surface area contributed by atoms with Crippen LogP contribution in [-0.2, 0) is 9.59 Å². The van der Waals surface area contributed by atoms with Crippen LogP contribution in [0, 0.1) is 5.92 Å². The second kappa shape index (κ2) is 6.92. The normalized spacial score (nSPS) is 25.8. The van der Waals surface area contributed by atoms with Gasteiger partial charge in [0.25, 0.3) is 0 Å². The van der Waals surface area contributed by atoms with E-state index >= 15 is 0 Å². The number of rotatable bonds is 5. The number of hydrogen-bond acceptors (Lipinski definition) is 5. The number of benzene rings is 1. The Morgan fingerprint density at radius 1 is 1.15 bits per heavy atom. The van der Waals surface area contributed by atoms with E-state index in [1.54, 1.807) is 19.1 Å². The Bertz CT molecular complexity index is 834. The average molecular weight is 353 g/mol. The molecule has 0 aliphatic heterocycles. The Balaban J connectivity index is 2.18. The van der Waals surface area contributed by atoms with Crippen LogP contribution in [0.3, 0.4) is 0 Å². The molecule has 0 radical (unpaired) electrons. The van der Waals surface area contributed by atoms with E-state index in [1.807, 2.05) is 30.3 Å². The van der Waals surface area contributed by atoms with Crippen molar-refractivity contribution in [3.8, 4) is 0 Å². The lowest BCUT2D eigenvalue weighted by molar-refractivity contribution is -0.131. The fourth-order valence-electron chi connectivity index (χ4n) is 3.96. The molecule has 1 aliphatic rings. The molecule has 1 heterocycles. The predicted molar refractivity (Wildman–Crippen MR) is 98.6 cm³/mol. The summed E-state index contributed by atoms with van der Waals surface area (Å²) in [5, 5.41) is 14.3. The molecule has 136 valence electrons. The molecule has 1 aromatic carbocycles. The lowest BCUT2D eigenvalue weighted by atomic mass is 9.65. The van der Waals surface area contributed by atoms with Crippen LogP contribution in [-0.4, -0.2) is 22.3 Å². The van der Waals surface area contributed by atoms with E-state index in [9.17, 15) is 14.7 Å². The molecule has 3 unspecified atom stereocenters. The Labute approximate surface area is 152 Å². The highest BCUT2D eigenvalue weighted by molar-refractivity contribution is 5.98. The highest BCUT2D eigenvalue weighted by Crippen LogP contribution is 2.47. The Morgan fingerprint density at radius 2 is 1.85 bits per heavy atom. The van der Waals surface area contributed by atoms with Gasteiger partial charge in [0.05, 0.1) is 23.7 Å². The van der Waals surface area contributed by atoms with Crippen molar-refractivity contribution < 1.29 is 19.1 Å². The number of Topliss-reactive ketones (excluding diaryl/α,β-unsaturated/α-hetero) is 2. The number of carbonyl (C=O) groups excluding carboxylic acids is 2. The second-order valence-corrected chi connectivity index (χ2v) is 7.05. The van der Waals surface area contributed by atoms with Gasteiger partial charge < -0.3 is 14.8 Å². The molecule has 0 saturated carbocycles. The molecule has 0 spiro atoms. The minimum atomic E-state index is -1.31. The van der Waals surface area contributed by atoms with Crippen molar-refractivity contribution in [2.75, 3.05) is 5.32 Å². The zero-order valence-corrected chi connectivity index (χ0v) is 15.2. The van der Waals surface area contributed by atoms with Crippen molar-refractivity contribution in [3.05, 3.63) is 65.8 Å². The summed E-state index contributed by atoms with van der Waals surface area (Å²) in [5.41, 5.74) is 0.610. The Morgan fingerprint density at radius 3 is 2.38 bits per heavy atom. The monoisotopic (exact) mass is 353 g/mol. The number of para-hydroxylation sites is 1. The number of furan rings is 1. The zero-order chi connectivity index (χ0) is 18.9. The van der Waals surface area contributed by atoms with Gasteiger partial charge in [-0.3, -0.25) is 9.59 Å². The number of nitrogens with one attached hydrogen (secondary N) is 1. The van der Waals surface area contributed by atoms with Crippen LogP contribution < -0.4 is 5.32 Å². The average Bonchev–Trinajstić information content (AvgIpc) is 3.07. The van der Waals surface area contributed by atoms with Gasteiger partial charge in [-0.1, -0.05) is 18.2 Å². The molecular weight excluding hydrogens is 330 g/mol. The number of hydrogen-bond donors (Lipinski definition) is 2. The van der Waals surface area contributed by atoms with E-state index in [4.69, 9.17) is 4.42 Å². The maximum absolute atomic E-state index is 12.6. The molecule has 0 bridgehead atoms. The van der Waals surface area contributed by atoms with E-state index in [2.05, 4.69) is 5.32 Å². The molecule has 1 aliphatic carbocycles. The summed E-state index contributed by atoms with van der Waals surface area (Å²) in [7, 11) is 0. The van der Waals surface area contributed by atoms with E-state index in [0.29, 0.717) is 17.0 Å². The third-order valence-electron chi connectivity index (χ3n) is 4.91. The molecule has 3 rings (SSSR count). The van der Waals surface area contributed by atoms with Crippen LogP contribution in [0.25, 0.3) is 0 Å². The number of aliphatic hydroxyl groups is 1. The largest absolute Gasteiger partial charge is 0.469 e. The lowest BCUT2D eigenvalue weighted by Crippen LogP contribution is -2.48. The Hall–Kier alpha value is -2.66. The quantitative estimate of drug-likeness (QED) is 0.857. The topological polar surface area (TPSA) is 79.5 Å². The van der Waals surface area contributed by atoms with Gasteiger partial charge >= 0.3 is 0 Å². The standard InChI is InChI=1S/C21H23NO4/c1-13(23)18-16(22-15-8-5-4-6-9-15)12-21(3,25)20(14(2)24)19(18)17-10-7-11-26-17/h4-11,19-20,22,25H,12H2,1-3H3. The number of allylic oxidation sites excluding steroid dienone is 1. The van der Waals surface area contributed by atoms with Crippen LogP contribution in [0.5, 0.6) is 0 Å². The first-order valence-corrected chi connectivity index (χ1v) is 8.63. The van der Waals surface area contributed by atoms with E-state index < -0.39 is 17.4 Å². The van der Waals surface area contributed by atoms with E-state index in [-0.39, 0.29) is 18.0 Å². The first-order chi connectivity index (χ1) is 12.3. The van der Waals surface area contributed by atoms with Gasteiger partial charge in [-0.15, -0.1) is 0 Å². The van der Waals surface area contributed by atoms with Crippen molar-refractivity contribution in [3.63, 3.8) is 0 Å². The molecule has 0 fully saturated rings. The first kappa shape index (κ1) is 18.1. The number of anilines is 1. The highest BCUT2D eigenvalue weighted by atomic mass is 16.3. The summed E-state index contributed by atoms with van der Waals surface area (Å²) in [6.07, 6.45) is 1.69. The summed E-state index contributed by atoms with van der Waals surface area (Å²) in [6.45, 7) is 4.57. The van der Waals surface area contributed by atoms with E-state index in [1.165, 1.54) is 20.1 Å². The maximum atomic E-state index is 12.6. The molecule has 5 heteroatoms. The molecule has 0 saturated heterocycles. The third kappa shape index (κ3) is 3.35. The van der Waals surface area contributed by atoms with E-state index in [0.717, 1.165) is 5.69 Å². The number of ketones is 2. The van der Waals surface area contributed by atoms with Gasteiger partial charge in [-0.2, -0.15) is 0 Å². The predicted octanol–water partition coefficient (Wildman–Crippen LogP) is 3.68. The first-order valence-electron chi connectivity index (χ1n) is 8.63. The van der Waals surface area contributed by atoms with Gasteiger partial charge in [-0.25, -0.2) is 0 Å².